The van der Waals surface area contributed by atoms with E-state index >= 15 is 0 Å². The fraction of sp³-hybridized carbons (Fsp3) is 0.929. The van der Waals surface area contributed by atoms with Crippen molar-refractivity contribution in [2.75, 3.05) is 19.6 Å². The van der Waals surface area contributed by atoms with Crippen LogP contribution in [0.15, 0.2) is 0 Å². The molecule has 0 spiro atoms. The standard InChI is InChI=1S/C14H28N2O2/c1-10(2)6-12(7-15)13(17)16-8-11(3)18-14(4,5)9-16/h10-12H,6-9,15H2,1-5H3. The van der Waals surface area contributed by atoms with E-state index < -0.39 is 0 Å². The van der Waals surface area contributed by atoms with E-state index in [1.165, 1.54) is 0 Å². The van der Waals surface area contributed by atoms with Gasteiger partial charge in [0, 0.05) is 19.6 Å². The van der Waals surface area contributed by atoms with Crippen molar-refractivity contribution in [1.29, 1.82) is 0 Å². The van der Waals surface area contributed by atoms with Crippen molar-refractivity contribution < 1.29 is 9.53 Å². The van der Waals surface area contributed by atoms with Crippen LogP contribution in [0.1, 0.15) is 41.0 Å². The topological polar surface area (TPSA) is 55.6 Å². The highest BCUT2D eigenvalue weighted by atomic mass is 16.5. The van der Waals surface area contributed by atoms with Crippen molar-refractivity contribution in [3.05, 3.63) is 0 Å². The van der Waals surface area contributed by atoms with Crippen molar-refractivity contribution in [1.82, 2.24) is 4.90 Å². The SMILES string of the molecule is CC(C)CC(CN)C(=O)N1CC(C)OC(C)(C)C1. The Labute approximate surface area is 111 Å². The second-order valence-corrected chi connectivity index (χ2v) is 6.47. The summed E-state index contributed by atoms with van der Waals surface area (Å²) in [6.07, 6.45) is 0.955. The third-order valence-corrected chi connectivity index (χ3v) is 3.27. The Morgan fingerprint density at radius 3 is 2.56 bits per heavy atom. The van der Waals surface area contributed by atoms with E-state index in [1.807, 2.05) is 25.7 Å². The van der Waals surface area contributed by atoms with E-state index in [1.54, 1.807) is 0 Å². The second kappa shape index (κ2) is 6.02. The van der Waals surface area contributed by atoms with E-state index in [0.29, 0.717) is 25.6 Å². The first-order chi connectivity index (χ1) is 8.25. The Kier molecular flexibility index (Phi) is 5.17. The van der Waals surface area contributed by atoms with Crippen molar-refractivity contribution in [3.63, 3.8) is 0 Å². The first-order valence-corrected chi connectivity index (χ1v) is 6.92. The van der Waals surface area contributed by atoms with Gasteiger partial charge in [0.1, 0.15) is 0 Å². The second-order valence-electron chi connectivity index (χ2n) is 6.47. The summed E-state index contributed by atoms with van der Waals surface area (Å²) >= 11 is 0. The molecule has 1 amide bonds. The van der Waals surface area contributed by atoms with Crippen molar-refractivity contribution >= 4 is 5.91 Å². The zero-order chi connectivity index (χ0) is 13.9. The van der Waals surface area contributed by atoms with Crippen molar-refractivity contribution in [2.45, 2.75) is 52.7 Å². The first kappa shape index (κ1) is 15.4. The van der Waals surface area contributed by atoms with Crippen LogP contribution in [0.2, 0.25) is 0 Å². The minimum atomic E-state index is -0.260. The van der Waals surface area contributed by atoms with Gasteiger partial charge >= 0.3 is 0 Å². The number of hydrogen-bond acceptors (Lipinski definition) is 3. The lowest BCUT2D eigenvalue weighted by Gasteiger charge is -2.42. The lowest BCUT2D eigenvalue weighted by Crippen LogP contribution is -2.55. The summed E-state index contributed by atoms with van der Waals surface area (Å²) in [6, 6.07) is 0. The molecule has 2 atom stereocenters. The average molecular weight is 256 g/mol. The molecule has 106 valence electrons. The zero-order valence-corrected chi connectivity index (χ0v) is 12.4. The monoisotopic (exact) mass is 256 g/mol. The zero-order valence-electron chi connectivity index (χ0n) is 12.4. The fourth-order valence-electron chi connectivity index (χ4n) is 2.75. The number of hydrogen-bond donors (Lipinski definition) is 1. The van der Waals surface area contributed by atoms with Gasteiger partial charge in [-0.2, -0.15) is 0 Å². The first-order valence-electron chi connectivity index (χ1n) is 6.92. The van der Waals surface area contributed by atoms with Crippen LogP contribution in [0.3, 0.4) is 0 Å². The van der Waals surface area contributed by atoms with Crippen LogP contribution >= 0.6 is 0 Å². The number of ether oxygens (including phenoxy) is 1. The highest BCUT2D eigenvalue weighted by Gasteiger charge is 2.35. The summed E-state index contributed by atoms with van der Waals surface area (Å²) < 4.78 is 5.82. The largest absolute Gasteiger partial charge is 0.369 e. The predicted octanol–water partition coefficient (Wildman–Crippen LogP) is 1.63. The molecular weight excluding hydrogens is 228 g/mol. The summed E-state index contributed by atoms with van der Waals surface area (Å²) in [5, 5.41) is 0. The average Bonchev–Trinajstić information content (AvgIpc) is 2.21. The van der Waals surface area contributed by atoms with Gasteiger partial charge in [-0.15, -0.1) is 0 Å². The number of nitrogens with two attached hydrogens (primary N) is 1. The highest BCUT2D eigenvalue weighted by Crippen LogP contribution is 2.23. The molecule has 0 saturated carbocycles. The molecule has 4 nitrogen and oxygen atoms in total. The van der Waals surface area contributed by atoms with Gasteiger partial charge < -0.3 is 15.4 Å². The van der Waals surface area contributed by atoms with Crippen molar-refractivity contribution in [2.24, 2.45) is 17.6 Å². The van der Waals surface area contributed by atoms with Gasteiger partial charge in [0.2, 0.25) is 5.91 Å². The molecule has 1 heterocycles. The molecule has 1 saturated heterocycles. The quantitative estimate of drug-likeness (QED) is 0.832. The molecule has 1 fully saturated rings. The summed E-state index contributed by atoms with van der Waals surface area (Å²) in [6.45, 7) is 12.1. The molecule has 4 heteroatoms. The minimum absolute atomic E-state index is 0.0499. The van der Waals surface area contributed by atoms with Crippen LogP contribution in [0.5, 0.6) is 0 Å². The lowest BCUT2D eigenvalue weighted by atomic mass is 9.94. The molecule has 0 aromatic rings. The number of nitrogens with zero attached hydrogens (tertiary/aromatic N) is 1. The molecule has 0 radical (unpaired) electrons. The Bertz CT molecular complexity index is 290. The van der Waals surface area contributed by atoms with E-state index in [0.717, 1.165) is 6.42 Å². The Balaban J connectivity index is 2.69. The maximum atomic E-state index is 12.5. The van der Waals surface area contributed by atoms with Crippen LogP contribution in [-0.4, -0.2) is 42.1 Å². The van der Waals surface area contributed by atoms with Crippen molar-refractivity contribution in [3.8, 4) is 0 Å². The number of carbonyl (C=O) groups excluding carboxylic acids is 1. The van der Waals surface area contributed by atoms with E-state index in [-0.39, 0.29) is 23.5 Å². The van der Waals surface area contributed by atoms with Crippen LogP contribution in [0.4, 0.5) is 0 Å². The molecule has 0 bridgehead atoms. The van der Waals surface area contributed by atoms with Gasteiger partial charge in [0.15, 0.2) is 0 Å². The van der Waals surface area contributed by atoms with E-state index in [4.69, 9.17) is 10.5 Å². The number of rotatable bonds is 4. The van der Waals surface area contributed by atoms with E-state index in [9.17, 15) is 4.79 Å². The molecule has 2 N–H and O–H groups in total. The summed E-state index contributed by atoms with van der Waals surface area (Å²) in [5.41, 5.74) is 5.49. The summed E-state index contributed by atoms with van der Waals surface area (Å²) in [5.74, 6) is 0.634. The smallest absolute Gasteiger partial charge is 0.227 e. The van der Waals surface area contributed by atoms with Gasteiger partial charge in [-0.05, 0) is 33.1 Å². The highest BCUT2D eigenvalue weighted by molar-refractivity contribution is 5.79. The van der Waals surface area contributed by atoms with Crippen LogP contribution < -0.4 is 5.73 Å². The van der Waals surface area contributed by atoms with Gasteiger partial charge in [0.05, 0.1) is 17.6 Å². The maximum Gasteiger partial charge on any atom is 0.227 e. The Hall–Kier alpha value is -0.610. The number of carbonyl (C=O) groups is 1. The van der Waals surface area contributed by atoms with Crippen LogP contribution in [-0.2, 0) is 9.53 Å². The molecule has 18 heavy (non-hydrogen) atoms. The van der Waals surface area contributed by atoms with Gasteiger partial charge in [0.25, 0.3) is 0 Å². The molecule has 1 aliphatic heterocycles. The van der Waals surface area contributed by atoms with Gasteiger partial charge in [-0.1, -0.05) is 13.8 Å². The Morgan fingerprint density at radius 1 is 1.50 bits per heavy atom. The summed E-state index contributed by atoms with van der Waals surface area (Å²) in [7, 11) is 0. The molecular formula is C14H28N2O2. The molecule has 1 aliphatic rings. The van der Waals surface area contributed by atoms with Gasteiger partial charge in [-0.3, -0.25) is 4.79 Å². The molecule has 0 aromatic carbocycles. The third kappa shape index (κ3) is 4.25. The number of amides is 1. The normalized spacial score (nSPS) is 25.3. The van der Waals surface area contributed by atoms with Gasteiger partial charge in [-0.25, -0.2) is 0 Å². The molecule has 0 aromatic heterocycles. The van der Waals surface area contributed by atoms with Crippen LogP contribution in [0, 0.1) is 11.8 Å². The van der Waals surface area contributed by atoms with Crippen LogP contribution in [0.25, 0.3) is 0 Å². The number of morpholine rings is 1. The lowest BCUT2D eigenvalue weighted by molar-refractivity contribution is -0.161. The maximum absolute atomic E-state index is 12.5. The minimum Gasteiger partial charge on any atom is -0.369 e. The molecule has 0 aliphatic carbocycles. The fourth-order valence-corrected chi connectivity index (χ4v) is 2.75. The predicted molar refractivity (Wildman–Crippen MR) is 73.2 cm³/mol. The molecule has 2 unspecified atom stereocenters. The summed E-state index contributed by atoms with van der Waals surface area (Å²) in [4.78, 5) is 14.4. The van der Waals surface area contributed by atoms with E-state index in [2.05, 4.69) is 13.8 Å². The third-order valence-electron chi connectivity index (χ3n) is 3.27. The molecule has 1 rings (SSSR count). The Morgan fingerprint density at radius 2 is 2.11 bits per heavy atom.